The number of nitrogens with one attached hydrogen (secondary N) is 1. The summed E-state index contributed by atoms with van der Waals surface area (Å²) in [5, 5.41) is 3.14. The molecule has 0 spiro atoms. The molecule has 1 fully saturated rings. The lowest BCUT2D eigenvalue weighted by Crippen LogP contribution is -2.35. The van der Waals surface area contributed by atoms with Crippen molar-refractivity contribution in [1.29, 1.82) is 0 Å². The number of halogens is 3. The van der Waals surface area contributed by atoms with Crippen molar-refractivity contribution in [3.05, 3.63) is 18.1 Å². The highest BCUT2D eigenvalue weighted by Crippen LogP contribution is 2.38. The van der Waals surface area contributed by atoms with Gasteiger partial charge in [0, 0.05) is 17.7 Å². The van der Waals surface area contributed by atoms with Gasteiger partial charge < -0.3 is 5.32 Å². The van der Waals surface area contributed by atoms with E-state index in [1.165, 1.54) is 0 Å². The van der Waals surface area contributed by atoms with Gasteiger partial charge in [0.1, 0.15) is 11.6 Å². The quantitative estimate of drug-likeness (QED) is 0.884. The zero-order chi connectivity index (χ0) is 15.7. The first-order valence-electron chi connectivity index (χ1n) is 7.33. The summed E-state index contributed by atoms with van der Waals surface area (Å²) in [5.41, 5.74) is -0.182. The molecule has 3 nitrogen and oxygen atoms in total. The molecule has 21 heavy (non-hydrogen) atoms. The highest BCUT2D eigenvalue weighted by Gasteiger charge is 2.42. The molecule has 1 saturated carbocycles. The molecule has 0 aromatic carbocycles. The molecule has 1 heterocycles. The van der Waals surface area contributed by atoms with Gasteiger partial charge in [-0.25, -0.2) is 9.97 Å². The van der Waals surface area contributed by atoms with Gasteiger partial charge in [0.2, 0.25) is 0 Å². The Hall–Kier alpha value is -1.33. The minimum atomic E-state index is -4.09. The van der Waals surface area contributed by atoms with Crippen LogP contribution in [0.3, 0.4) is 0 Å². The smallest absolute Gasteiger partial charge is 0.367 e. The van der Waals surface area contributed by atoms with Crippen molar-refractivity contribution in [2.45, 2.75) is 64.1 Å². The molecule has 2 atom stereocenters. The molecule has 1 aliphatic rings. The average molecular weight is 301 g/mol. The average Bonchev–Trinajstić information content (AvgIpc) is 2.37. The van der Waals surface area contributed by atoms with Gasteiger partial charge in [-0.05, 0) is 25.3 Å². The molecule has 0 amide bonds. The van der Waals surface area contributed by atoms with E-state index in [1.807, 2.05) is 20.8 Å². The molecule has 0 bridgehead atoms. The van der Waals surface area contributed by atoms with Crippen LogP contribution in [0.15, 0.2) is 12.3 Å². The van der Waals surface area contributed by atoms with E-state index in [2.05, 4.69) is 15.3 Å². The van der Waals surface area contributed by atoms with Crippen molar-refractivity contribution >= 4 is 5.82 Å². The molecule has 0 saturated heterocycles. The molecule has 0 aliphatic heterocycles. The monoisotopic (exact) mass is 301 g/mol. The van der Waals surface area contributed by atoms with E-state index in [9.17, 15) is 13.2 Å². The van der Waals surface area contributed by atoms with E-state index in [4.69, 9.17) is 0 Å². The Morgan fingerprint density at radius 3 is 2.52 bits per heavy atom. The van der Waals surface area contributed by atoms with Gasteiger partial charge in [-0.1, -0.05) is 27.2 Å². The Morgan fingerprint density at radius 1 is 1.19 bits per heavy atom. The fourth-order valence-corrected chi connectivity index (χ4v) is 2.63. The second-order valence-corrected chi connectivity index (χ2v) is 6.76. The highest BCUT2D eigenvalue weighted by molar-refractivity contribution is 5.35. The molecular formula is C15H22F3N3. The van der Waals surface area contributed by atoms with Crippen molar-refractivity contribution in [2.24, 2.45) is 5.92 Å². The SMILES string of the molecule is CC(C)(C)c1nccc(NC2CCCC(C(F)(F)F)C2)n1. The summed E-state index contributed by atoms with van der Waals surface area (Å²) in [6.07, 6.45) is -0.736. The number of alkyl halides is 3. The van der Waals surface area contributed by atoms with Gasteiger partial charge in [-0.15, -0.1) is 0 Å². The number of hydrogen-bond donors (Lipinski definition) is 1. The standard InChI is InChI=1S/C15H22F3N3/c1-14(2,3)13-19-8-7-12(21-13)20-11-6-4-5-10(9-11)15(16,17)18/h7-8,10-11H,4-6,9H2,1-3H3,(H,19,20,21). The van der Waals surface area contributed by atoms with Crippen LogP contribution >= 0.6 is 0 Å². The van der Waals surface area contributed by atoms with Crippen LogP contribution in [0.4, 0.5) is 19.0 Å². The number of rotatable bonds is 2. The van der Waals surface area contributed by atoms with Crippen LogP contribution in [0.5, 0.6) is 0 Å². The summed E-state index contributed by atoms with van der Waals surface area (Å²) in [4.78, 5) is 8.65. The Kier molecular flexibility index (Phi) is 4.44. The lowest BCUT2D eigenvalue weighted by atomic mass is 9.85. The summed E-state index contributed by atoms with van der Waals surface area (Å²) >= 11 is 0. The third-order valence-corrected chi connectivity index (χ3v) is 3.82. The van der Waals surface area contributed by atoms with E-state index >= 15 is 0 Å². The first-order chi connectivity index (χ1) is 9.66. The Bertz CT molecular complexity index is 480. The number of nitrogens with zero attached hydrogens (tertiary/aromatic N) is 2. The zero-order valence-corrected chi connectivity index (χ0v) is 12.7. The van der Waals surface area contributed by atoms with Crippen LogP contribution in [0, 0.1) is 5.92 Å². The van der Waals surface area contributed by atoms with E-state index < -0.39 is 12.1 Å². The number of hydrogen-bond acceptors (Lipinski definition) is 3. The van der Waals surface area contributed by atoms with Crippen LogP contribution in [-0.2, 0) is 5.41 Å². The predicted molar refractivity (Wildman–Crippen MR) is 76.2 cm³/mol. The normalized spacial score (nSPS) is 23.9. The maximum Gasteiger partial charge on any atom is 0.391 e. The van der Waals surface area contributed by atoms with Crippen molar-refractivity contribution in [2.75, 3.05) is 5.32 Å². The van der Waals surface area contributed by atoms with Crippen LogP contribution in [0.2, 0.25) is 0 Å². The molecule has 6 heteroatoms. The van der Waals surface area contributed by atoms with Gasteiger partial charge in [0.05, 0.1) is 5.92 Å². The molecule has 1 N–H and O–H groups in total. The third kappa shape index (κ3) is 4.32. The third-order valence-electron chi connectivity index (χ3n) is 3.82. The van der Waals surface area contributed by atoms with E-state index in [0.717, 1.165) is 6.42 Å². The first-order valence-corrected chi connectivity index (χ1v) is 7.33. The van der Waals surface area contributed by atoms with Crippen molar-refractivity contribution < 1.29 is 13.2 Å². The largest absolute Gasteiger partial charge is 0.391 e. The lowest BCUT2D eigenvalue weighted by molar-refractivity contribution is -0.182. The molecule has 118 valence electrons. The summed E-state index contributed by atoms with van der Waals surface area (Å²) in [6, 6.07) is 1.54. The first kappa shape index (κ1) is 16.0. The van der Waals surface area contributed by atoms with Gasteiger partial charge in [0.15, 0.2) is 0 Å². The zero-order valence-electron chi connectivity index (χ0n) is 12.7. The molecule has 2 rings (SSSR count). The number of aromatic nitrogens is 2. The molecular weight excluding hydrogens is 279 g/mol. The molecule has 2 unspecified atom stereocenters. The van der Waals surface area contributed by atoms with Gasteiger partial charge in [0.25, 0.3) is 0 Å². The maximum atomic E-state index is 12.8. The minimum absolute atomic E-state index is 0.123. The van der Waals surface area contributed by atoms with Crippen molar-refractivity contribution in [3.8, 4) is 0 Å². The molecule has 1 aliphatic carbocycles. The van der Waals surface area contributed by atoms with Crippen molar-refractivity contribution in [3.63, 3.8) is 0 Å². The van der Waals surface area contributed by atoms with Crippen LogP contribution < -0.4 is 5.32 Å². The fraction of sp³-hybridized carbons (Fsp3) is 0.733. The lowest BCUT2D eigenvalue weighted by Gasteiger charge is -2.31. The topological polar surface area (TPSA) is 37.8 Å². The summed E-state index contributed by atoms with van der Waals surface area (Å²) in [5.74, 6) is 0.103. The van der Waals surface area contributed by atoms with E-state index in [-0.39, 0.29) is 24.3 Å². The second-order valence-electron chi connectivity index (χ2n) is 6.76. The summed E-state index contributed by atoms with van der Waals surface area (Å²) in [6.45, 7) is 6.02. The maximum absolute atomic E-state index is 12.8. The fourth-order valence-electron chi connectivity index (χ4n) is 2.63. The van der Waals surface area contributed by atoms with Crippen LogP contribution in [-0.4, -0.2) is 22.2 Å². The van der Waals surface area contributed by atoms with E-state index in [0.29, 0.717) is 18.1 Å². The van der Waals surface area contributed by atoms with Gasteiger partial charge in [-0.2, -0.15) is 13.2 Å². The minimum Gasteiger partial charge on any atom is -0.367 e. The summed E-state index contributed by atoms with van der Waals surface area (Å²) in [7, 11) is 0. The number of anilines is 1. The van der Waals surface area contributed by atoms with Crippen molar-refractivity contribution in [1.82, 2.24) is 9.97 Å². The summed E-state index contributed by atoms with van der Waals surface area (Å²) < 4.78 is 38.5. The highest BCUT2D eigenvalue weighted by atomic mass is 19.4. The predicted octanol–water partition coefficient (Wildman–Crippen LogP) is 4.31. The Labute approximate surface area is 123 Å². The Morgan fingerprint density at radius 2 is 1.90 bits per heavy atom. The molecule has 1 aromatic heterocycles. The molecule has 1 aromatic rings. The van der Waals surface area contributed by atoms with Crippen LogP contribution in [0.25, 0.3) is 0 Å². The van der Waals surface area contributed by atoms with E-state index in [1.54, 1.807) is 12.3 Å². The van der Waals surface area contributed by atoms with Gasteiger partial charge in [-0.3, -0.25) is 0 Å². The van der Waals surface area contributed by atoms with Gasteiger partial charge >= 0.3 is 6.18 Å². The molecule has 0 radical (unpaired) electrons. The second kappa shape index (κ2) is 5.81. The van der Waals surface area contributed by atoms with Crippen LogP contribution in [0.1, 0.15) is 52.3 Å². The Balaban J connectivity index is 2.05.